The Balaban J connectivity index is 2.34. The summed E-state index contributed by atoms with van der Waals surface area (Å²) in [5, 5.41) is 0. The molecule has 0 radical (unpaired) electrons. The van der Waals surface area contributed by atoms with E-state index in [-0.39, 0.29) is 17.3 Å². The van der Waals surface area contributed by atoms with Crippen molar-refractivity contribution in [3.05, 3.63) is 35.9 Å². The fourth-order valence-electron chi connectivity index (χ4n) is 2.39. The van der Waals surface area contributed by atoms with Crippen molar-refractivity contribution in [2.75, 3.05) is 0 Å². The van der Waals surface area contributed by atoms with Crippen LogP contribution in [0.5, 0.6) is 0 Å². The van der Waals surface area contributed by atoms with Crippen LogP contribution in [0.1, 0.15) is 32.3 Å². The average molecular weight is 220 g/mol. The first kappa shape index (κ1) is 11.3. The van der Waals surface area contributed by atoms with Crippen LogP contribution in [0.2, 0.25) is 0 Å². The van der Waals surface area contributed by atoms with Crippen molar-refractivity contribution in [2.24, 2.45) is 11.1 Å². The quantitative estimate of drug-likeness (QED) is 0.790. The van der Waals surface area contributed by atoms with Crippen LogP contribution in [0.15, 0.2) is 24.5 Å². The molecule has 1 aromatic heterocycles. The van der Waals surface area contributed by atoms with Crippen LogP contribution in [0, 0.1) is 11.2 Å². The third-order valence-corrected chi connectivity index (χ3v) is 2.95. The molecular formula is C13H17FN2. The van der Waals surface area contributed by atoms with Crippen LogP contribution in [0.4, 0.5) is 4.39 Å². The van der Waals surface area contributed by atoms with E-state index in [4.69, 9.17) is 5.73 Å². The number of nitrogens with zero attached hydrogens (tertiary/aromatic N) is 1. The minimum absolute atomic E-state index is 0.0574. The molecule has 1 aliphatic carbocycles. The maximum atomic E-state index is 13.1. The number of halogens is 1. The molecule has 0 amide bonds. The van der Waals surface area contributed by atoms with Crippen molar-refractivity contribution < 1.29 is 4.39 Å². The summed E-state index contributed by atoms with van der Waals surface area (Å²) in [6.07, 6.45) is 6.84. The molecule has 1 unspecified atom stereocenters. The van der Waals surface area contributed by atoms with Gasteiger partial charge in [0, 0.05) is 12.2 Å². The number of aromatic nitrogens is 1. The van der Waals surface area contributed by atoms with Crippen molar-refractivity contribution in [2.45, 2.75) is 32.7 Å². The van der Waals surface area contributed by atoms with Crippen molar-refractivity contribution in [1.82, 2.24) is 4.98 Å². The third kappa shape index (κ3) is 2.47. The van der Waals surface area contributed by atoms with E-state index in [2.05, 4.69) is 18.8 Å². The van der Waals surface area contributed by atoms with E-state index in [1.807, 2.05) is 6.08 Å². The summed E-state index contributed by atoms with van der Waals surface area (Å²) in [5.41, 5.74) is 8.12. The van der Waals surface area contributed by atoms with Crippen LogP contribution >= 0.6 is 0 Å². The SMILES string of the molecule is CC1(C)CC(c2cncc(F)c2)=CC(N)C1. The van der Waals surface area contributed by atoms with Crippen LogP contribution in [-0.4, -0.2) is 11.0 Å². The van der Waals surface area contributed by atoms with Gasteiger partial charge >= 0.3 is 0 Å². The van der Waals surface area contributed by atoms with Crippen molar-refractivity contribution in [3.8, 4) is 0 Å². The smallest absolute Gasteiger partial charge is 0.142 e. The summed E-state index contributed by atoms with van der Waals surface area (Å²) < 4.78 is 13.1. The van der Waals surface area contributed by atoms with Gasteiger partial charge in [0.15, 0.2) is 0 Å². The Morgan fingerprint density at radius 2 is 2.19 bits per heavy atom. The largest absolute Gasteiger partial charge is 0.324 e. The highest BCUT2D eigenvalue weighted by Gasteiger charge is 2.27. The normalized spacial score (nSPS) is 24.0. The Labute approximate surface area is 95.4 Å². The lowest BCUT2D eigenvalue weighted by molar-refractivity contribution is 0.318. The highest BCUT2D eigenvalue weighted by Crippen LogP contribution is 2.38. The standard InChI is InChI=1S/C13H17FN2/c1-13(2)5-9(4-12(15)6-13)10-3-11(14)8-16-7-10/h3-4,7-8,12H,5-6,15H2,1-2H3. The van der Waals surface area contributed by atoms with Gasteiger partial charge in [0.2, 0.25) is 0 Å². The van der Waals surface area contributed by atoms with Gasteiger partial charge in [-0.05, 0) is 35.5 Å². The predicted octanol–water partition coefficient (Wildman–Crippen LogP) is 2.75. The van der Waals surface area contributed by atoms with Crippen molar-refractivity contribution in [1.29, 1.82) is 0 Å². The Kier molecular flexibility index (Phi) is 2.80. The molecule has 86 valence electrons. The van der Waals surface area contributed by atoms with Crippen molar-refractivity contribution >= 4 is 5.57 Å². The summed E-state index contributed by atoms with van der Waals surface area (Å²) >= 11 is 0. The molecule has 0 aliphatic heterocycles. The molecule has 0 saturated carbocycles. The lowest BCUT2D eigenvalue weighted by Gasteiger charge is -2.33. The van der Waals surface area contributed by atoms with E-state index >= 15 is 0 Å². The fourth-order valence-corrected chi connectivity index (χ4v) is 2.39. The maximum Gasteiger partial charge on any atom is 0.142 e. The maximum absolute atomic E-state index is 13.1. The number of allylic oxidation sites excluding steroid dienone is 1. The molecule has 2 nitrogen and oxygen atoms in total. The Bertz CT molecular complexity index is 424. The van der Waals surface area contributed by atoms with E-state index in [1.165, 1.54) is 12.3 Å². The second-order valence-electron chi connectivity index (χ2n) is 5.29. The van der Waals surface area contributed by atoms with E-state index in [0.717, 1.165) is 24.0 Å². The molecule has 1 aromatic rings. The van der Waals surface area contributed by atoms with E-state index in [0.29, 0.717) is 0 Å². The summed E-state index contributed by atoms with van der Waals surface area (Å²) in [5.74, 6) is -0.296. The van der Waals surface area contributed by atoms with Crippen LogP contribution in [-0.2, 0) is 0 Å². The molecule has 0 aromatic carbocycles. The molecule has 0 bridgehead atoms. The third-order valence-electron chi connectivity index (χ3n) is 2.95. The first-order valence-electron chi connectivity index (χ1n) is 5.53. The van der Waals surface area contributed by atoms with Gasteiger partial charge in [0.1, 0.15) is 5.82 Å². The molecule has 2 rings (SSSR count). The zero-order valence-electron chi connectivity index (χ0n) is 9.70. The van der Waals surface area contributed by atoms with E-state index in [1.54, 1.807) is 6.20 Å². The van der Waals surface area contributed by atoms with Gasteiger partial charge in [0.25, 0.3) is 0 Å². The minimum Gasteiger partial charge on any atom is -0.324 e. The molecule has 3 heteroatoms. The highest BCUT2D eigenvalue weighted by atomic mass is 19.1. The number of hydrogen-bond donors (Lipinski definition) is 1. The van der Waals surface area contributed by atoms with Crippen LogP contribution in [0.3, 0.4) is 0 Å². The summed E-state index contributed by atoms with van der Waals surface area (Å²) in [6.45, 7) is 4.37. The van der Waals surface area contributed by atoms with Crippen LogP contribution < -0.4 is 5.73 Å². The first-order chi connectivity index (χ1) is 7.46. The van der Waals surface area contributed by atoms with Gasteiger partial charge in [-0.3, -0.25) is 4.98 Å². The second kappa shape index (κ2) is 3.98. The zero-order valence-corrected chi connectivity index (χ0v) is 9.70. The Morgan fingerprint density at radius 3 is 2.81 bits per heavy atom. The molecule has 1 atom stereocenters. The van der Waals surface area contributed by atoms with Gasteiger partial charge in [-0.15, -0.1) is 0 Å². The number of pyridine rings is 1. The van der Waals surface area contributed by atoms with E-state index < -0.39 is 0 Å². The summed E-state index contributed by atoms with van der Waals surface area (Å²) in [4.78, 5) is 3.88. The zero-order chi connectivity index (χ0) is 11.8. The molecule has 1 aliphatic rings. The van der Waals surface area contributed by atoms with Crippen LogP contribution in [0.25, 0.3) is 5.57 Å². The number of nitrogens with two attached hydrogens (primary N) is 1. The Morgan fingerprint density at radius 1 is 1.44 bits per heavy atom. The number of hydrogen-bond acceptors (Lipinski definition) is 2. The van der Waals surface area contributed by atoms with Gasteiger partial charge in [0.05, 0.1) is 6.20 Å². The topological polar surface area (TPSA) is 38.9 Å². The van der Waals surface area contributed by atoms with Gasteiger partial charge < -0.3 is 5.73 Å². The predicted molar refractivity (Wildman–Crippen MR) is 63.2 cm³/mol. The summed E-state index contributed by atoms with van der Waals surface area (Å²) in [6, 6.07) is 1.58. The Hall–Kier alpha value is -1.22. The lowest BCUT2D eigenvalue weighted by atomic mass is 9.74. The average Bonchev–Trinajstić information content (AvgIpc) is 2.14. The lowest BCUT2D eigenvalue weighted by Crippen LogP contribution is -2.30. The molecule has 0 fully saturated rings. The molecule has 0 saturated heterocycles. The van der Waals surface area contributed by atoms with Gasteiger partial charge in [-0.1, -0.05) is 19.9 Å². The molecular weight excluding hydrogens is 203 g/mol. The monoisotopic (exact) mass is 220 g/mol. The van der Waals surface area contributed by atoms with Gasteiger partial charge in [-0.25, -0.2) is 4.39 Å². The first-order valence-corrected chi connectivity index (χ1v) is 5.53. The second-order valence-corrected chi connectivity index (χ2v) is 5.29. The molecule has 2 N–H and O–H groups in total. The van der Waals surface area contributed by atoms with E-state index in [9.17, 15) is 4.39 Å². The summed E-state index contributed by atoms with van der Waals surface area (Å²) in [7, 11) is 0. The molecule has 0 spiro atoms. The fraction of sp³-hybridized carbons (Fsp3) is 0.462. The molecule has 1 heterocycles. The highest BCUT2D eigenvalue weighted by molar-refractivity contribution is 5.67. The van der Waals surface area contributed by atoms with Gasteiger partial charge in [-0.2, -0.15) is 0 Å². The molecule has 16 heavy (non-hydrogen) atoms. The van der Waals surface area contributed by atoms with Crippen molar-refractivity contribution in [3.63, 3.8) is 0 Å². The number of rotatable bonds is 1. The minimum atomic E-state index is -0.296.